The van der Waals surface area contributed by atoms with E-state index in [0.717, 1.165) is 23.7 Å². The average molecular weight is 250 g/mol. The van der Waals surface area contributed by atoms with E-state index in [9.17, 15) is 0 Å². The molecule has 1 aromatic rings. The standard InChI is InChI=1S/C14H16ClNO/c1-4-14(2,3)16-9-12-8-10-7-11(15)5-6-13(10)17-12/h1,5-7,12,16H,8-9H2,2-3H3. The average Bonchev–Trinajstić information content (AvgIpc) is 2.68. The first-order valence-corrected chi connectivity index (χ1v) is 6.06. The second-order valence-corrected chi connectivity index (χ2v) is 5.28. The molecule has 1 N–H and O–H groups in total. The molecular weight excluding hydrogens is 234 g/mol. The van der Waals surface area contributed by atoms with Crippen molar-refractivity contribution in [2.45, 2.75) is 31.9 Å². The Labute approximate surface area is 107 Å². The van der Waals surface area contributed by atoms with E-state index < -0.39 is 0 Å². The minimum Gasteiger partial charge on any atom is -0.488 e. The van der Waals surface area contributed by atoms with Crippen molar-refractivity contribution in [2.24, 2.45) is 0 Å². The number of hydrogen-bond donors (Lipinski definition) is 1. The molecular formula is C14H16ClNO. The molecule has 0 aromatic heterocycles. The Kier molecular flexibility index (Phi) is 3.33. The highest BCUT2D eigenvalue weighted by Crippen LogP contribution is 2.30. The topological polar surface area (TPSA) is 21.3 Å². The van der Waals surface area contributed by atoms with Gasteiger partial charge in [0.15, 0.2) is 0 Å². The lowest BCUT2D eigenvalue weighted by atomic mass is 10.1. The maximum atomic E-state index is 5.95. The normalized spacial score (nSPS) is 18.4. The molecule has 1 heterocycles. The van der Waals surface area contributed by atoms with Gasteiger partial charge in [0.05, 0.1) is 5.54 Å². The van der Waals surface area contributed by atoms with Crippen molar-refractivity contribution in [3.63, 3.8) is 0 Å². The zero-order chi connectivity index (χ0) is 12.5. The minimum absolute atomic E-state index is 0.135. The zero-order valence-corrected chi connectivity index (χ0v) is 10.8. The summed E-state index contributed by atoms with van der Waals surface area (Å²) in [5, 5.41) is 4.06. The van der Waals surface area contributed by atoms with Crippen LogP contribution < -0.4 is 10.1 Å². The van der Waals surface area contributed by atoms with Crippen molar-refractivity contribution in [2.75, 3.05) is 6.54 Å². The highest BCUT2D eigenvalue weighted by Gasteiger charge is 2.24. The van der Waals surface area contributed by atoms with E-state index in [-0.39, 0.29) is 11.6 Å². The number of halogens is 1. The van der Waals surface area contributed by atoms with Gasteiger partial charge < -0.3 is 4.74 Å². The Balaban J connectivity index is 1.95. The van der Waals surface area contributed by atoms with Crippen molar-refractivity contribution in [3.05, 3.63) is 28.8 Å². The van der Waals surface area contributed by atoms with Crippen LogP contribution >= 0.6 is 11.6 Å². The summed E-state index contributed by atoms with van der Waals surface area (Å²) < 4.78 is 5.81. The number of hydrogen-bond acceptors (Lipinski definition) is 2. The van der Waals surface area contributed by atoms with Crippen molar-refractivity contribution in [1.82, 2.24) is 5.32 Å². The van der Waals surface area contributed by atoms with Crippen LogP contribution in [-0.4, -0.2) is 18.2 Å². The van der Waals surface area contributed by atoms with E-state index >= 15 is 0 Å². The molecule has 1 aromatic carbocycles. The van der Waals surface area contributed by atoms with Gasteiger partial charge in [0.2, 0.25) is 0 Å². The van der Waals surface area contributed by atoms with Gasteiger partial charge in [-0.15, -0.1) is 6.42 Å². The van der Waals surface area contributed by atoms with Gasteiger partial charge in [-0.3, -0.25) is 5.32 Å². The number of nitrogens with one attached hydrogen (secondary N) is 1. The number of terminal acetylenes is 1. The van der Waals surface area contributed by atoms with Gasteiger partial charge in [-0.2, -0.15) is 0 Å². The Hall–Kier alpha value is -1.17. The van der Waals surface area contributed by atoms with Gasteiger partial charge >= 0.3 is 0 Å². The first-order chi connectivity index (χ1) is 8.00. The second-order valence-electron chi connectivity index (χ2n) is 4.85. The molecule has 0 fully saturated rings. The molecule has 0 radical (unpaired) electrons. The van der Waals surface area contributed by atoms with Crippen LogP contribution in [-0.2, 0) is 6.42 Å². The second kappa shape index (κ2) is 4.60. The van der Waals surface area contributed by atoms with E-state index in [1.807, 2.05) is 32.0 Å². The largest absolute Gasteiger partial charge is 0.488 e. The summed E-state index contributed by atoms with van der Waals surface area (Å²) in [4.78, 5) is 0. The number of rotatable bonds is 3. The fourth-order valence-corrected chi connectivity index (χ4v) is 2.02. The van der Waals surface area contributed by atoms with Crippen LogP contribution in [0.1, 0.15) is 19.4 Å². The maximum Gasteiger partial charge on any atom is 0.123 e. The summed E-state index contributed by atoms with van der Waals surface area (Å²) in [7, 11) is 0. The van der Waals surface area contributed by atoms with Crippen LogP contribution in [0.25, 0.3) is 0 Å². The highest BCUT2D eigenvalue weighted by molar-refractivity contribution is 6.30. The summed E-state index contributed by atoms with van der Waals surface area (Å²) >= 11 is 5.95. The van der Waals surface area contributed by atoms with Crippen LogP contribution in [0.2, 0.25) is 5.02 Å². The van der Waals surface area contributed by atoms with Gasteiger partial charge in [-0.1, -0.05) is 17.5 Å². The Morgan fingerprint density at radius 2 is 2.35 bits per heavy atom. The SMILES string of the molecule is C#CC(C)(C)NCC1Cc2cc(Cl)ccc2O1. The molecule has 1 aliphatic rings. The lowest BCUT2D eigenvalue weighted by Gasteiger charge is -2.22. The molecule has 0 aliphatic carbocycles. The van der Waals surface area contributed by atoms with Gasteiger partial charge in [0.25, 0.3) is 0 Å². The van der Waals surface area contributed by atoms with Crippen LogP contribution in [0, 0.1) is 12.3 Å². The van der Waals surface area contributed by atoms with Gasteiger partial charge in [0.1, 0.15) is 11.9 Å². The smallest absolute Gasteiger partial charge is 0.123 e. The molecule has 17 heavy (non-hydrogen) atoms. The fraction of sp³-hybridized carbons (Fsp3) is 0.429. The summed E-state index contributed by atoms with van der Waals surface area (Å²) in [6.07, 6.45) is 6.44. The molecule has 90 valence electrons. The van der Waals surface area contributed by atoms with E-state index in [1.165, 1.54) is 5.56 Å². The quantitative estimate of drug-likeness (QED) is 0.832. The first kappa shape index (κ1) is 12.3. The maximum absolute atomic E-state index is 5.95. The number of benzene rings is 1. The molecule has 1 unspecified atom stereocenters. The molecule has 3 heteroatoms. The molecule has 0 saturated heterocycles. The van der Waals surface area contributed by atoms with Crippen LogP contribution in [0.4, 0.5) is 0 Å². The van der Waals surface area contributed by atoms with Crippen molar-refractivity contribution >= 4 is 11.6 Å². The lowest BCUT2D eigenvalue weighted by molar-refractivity contribution is 0.218. The number of ether oxygens (including phenoxy) is 1. The third kappa shape index (κ3) is 2.94. The van der Waals surface area contributed by atoms with E-state index in [1.54, 1.807) is 0 Å². The zero-order valence-electron chi connectivity index (χ0n) is 10.1. The van der Waals surface area contributed by atoms with Crippen LogP contribution in [0.15, 0.2) is 18.2 Å². The Morgan fingerprint density at radius 1 is 1.59 bits per heavy atom. The Bertz CT molecular complexity index is 462. The molecule has 1 aliphatic heterocycles. The monoisotopic (exact) mass is 249 g/mol. The lowest BCUT2D eigenvalue weighted by Crippen LogP contribution is -2.43. The summed E-state index contributed by atoms with van der Waals surface area (Å²) in [6, 6.07) is 5.73. The van der Waals surface area contributed by atoms with Gasteiger partial charge in [-0.05, 0) is 37.6 Å². The molecule has 0 amide bonds. The van der Waals surface area contributed by atoms with E-state index in [4.69, 9.17) is 22.8 Å². The fourth-order valence-electron chi connectivity index (χ4n) is 1.82. The van der Waals surface area contributed by atoms with Crippen LogP contribution in [0.5, 0.6) is 5.75 Å². The molecule has 0 bridgehead atoms. The molecule has 0 saturated carbocycles. The third-order valence-electron chi connectivity index (χ3n) is 2.90. The van der Waals surface area contributed by atoms with E-state index in [0.29, 0.717) is 0 Å². The molecule has 0 spiro atoms. The van der Waals surface area contributed by atoms with Crippen molar-refractivity contribution in [1.29, 1.82) is 0 Å². The predicted octanol–water partition coefficient (Wildman–Crippen LogP) is 2.64. The molecule has 2 rings (SSSR count). The van der Waals surface area contributed by atoms with Crippen LogP contribution in [0.3, 0.4) is 0 Å². The predicted molar refractivity (Wildman–Crippen MR) is 70.5 cm³/mol. The third-order valence-corrected chi connectivity index (χ3v) is 3.13. The molecule has 1 atom stereocenters. The summed E-state index contributed by atoms with van der Waals surface area (Å²) in [5.41, 5.74) is 0.873. The molecule has 2 nitrogen and oxygen atoms in total. The highest BCUT2D eigenvalue weighted by atomic mass is 35.5. The van der Waals surface area contributed by atoms with Gasteiger partial charge in [-0.25, -0.2) is 0 Å². The van der Waals surface area contributed by atoms with Gasteiger partial charge in [0, 0.05) is 18.0 Å². The van der Waals surface area contributed by atoms with E-state index in [2.05, 4.69) is 11.2 Å². The van der Waals surface area contributed by atoms with Crippen molar-refractivity contribution < 1.29 is 4.74 Å². The van der Waals surface area contributed by atoms with Crippen molar-refractivity contribution in [3.8, 4) is 18.1 Å². The summed E-state index contributed by atoms with van der Waals surface area (Å²) in [6.45, 7) is 4.70. The first-order valence-electron chi connectivity index (χ1n) is 5.68. The minimum atomic E-state index is -0.296. The Morgan fingerprint density at radius 3 is 3.06 bits per heavy atom. The number of fused-ring (bicyclic) bond motifs is 1. The summed E-state index contributed by atoms with van der Waals surface area (Å²) in [5.74, 6) is 3.64.